The maximum absolute atomic E-state index is 13.2. The molecule has 1 saturated heterocycles. The van der Waals surface area contributed by atoms with Gasteiger partial charge in [-0.3, -0.25) is 9.59 Å². The Morgan fingerprint density at radius 3 is 2.23 bits per heavy atom. The fraction of sp³-hybridized carbons (Fsp3) is 0.667. The second-order valence-electron chi connectivity index (χ2n) is 9.11. The highest BCUT2D eigenvalue weighted by molar-refractivity contribution is 5.89. The van der Waals surface area contributed by atoms with E-state index in [4.69, 9.17) is 4.74 Å². The minimum absolute atomic E-state index is 0.0414. The summed E-state index contributed by atoms with van der Waals surface area (Å²) in [5, 5.41) is 3.11. The summed E-state index contributed by atoms with van der Waals surface area (Å²) in [5.41, 5.74) is 1.14. The molecule has 0 spiro atoms. The average molecular weight is 416 g/mol. The van der Waals surface area contributed by atoms with Gasteiger partial charge in [0.1, 0.15) is 11.8 Å². The molecule has 166 valence electrons. The fourth-order valence-electron chi connectivity index (χ4n) is 4.65. The predicted molar refractivity (Wildman–Crippen MR) is 120 cm³/mol. The minimum atomic E-state index is -0.445. The first kappa shape index (κ1) is 22.4. The van der Waals surface area contributed by atoms with Crippen molar-refractivity contribution in [3.05, 3.63) is 24.3 Å². The van der Waals surface area contributed by atoms with Crippen LogP contribution in [0.1, 0.15) is 46.5 Å². The van der Waals surface area contributed by atoms with Gasteiger partial charge in [0.25, 0.3) is 0 Å². The van der Waals surface area contributed by atoms with Gasteiger partial charge in [0, 0.05) is 37.8 Å². The van der Waals surface area contributed by atoms with E-state index < -0.39 is 6.04 Å². The first-order valence-corrected chi connectivity index (χ1v) is 11.4. The van der Waals surface area contributed by atoms with Gasteiger partial charge in [-0.15, -0.1) is 0 Å². The molecule has 0 radical (unpaired) electrons. The summed E-state index contributed by atoms with van der Waals surface area (Å²) in [6, 6.07) is 7.59. The Balaban J connectivity index is 1.57. The van der Waals surface area contributed by atoms with Crippen molar-refractivity contribution in [2.45, 2.75) is 52.5 Å². The molecule has 0 bridgehead atoms. The molecular formula is C24H37N3O3. The number of piperazine rings is 1. The van der Waals surface area contributed by atoms with Crippen LogP contribution in [0.2, 0.25) is 0 Å². The monoisotopic (exact) mass is 415 g/mol. The van der Waals surface area contributed by atoms with E-state index in [0.29, 0.717) is 19.0 Å². The summed E-state index contributed by atoms with van der Waals surface area (Å²) in [6.45, 7) is 9.11. The third-order valence-corrected chi connectivity index (χ3v) is 6.71. The first-order valence-electron chi connectivity index (χ1n) is 11.4. The van der Waals surface area contributed by atoms with Crippen LogP contribution in [-0.4, -0.2) is 56.0 Å². The van der Waals surface area contributed by atoms with Crippen LogP contribution in [0.5, 0.6) is 5.75 Å². The van der Waals surface area contributed by atoms with Crippen LogP contribution in [0.3, 0.4) is 0 Å². The number of nitrogens with one attached hydrogen (secondary N) is 1. The molecule has 1 heterocycles. The second kappa shape index (κ2) is 10.2. The highest BCUT2D eigenvalue weighted by Gasteiger charge is 2.34. The molecule has 3 atom stereocenters. The number of rotatable bonds is 6. The van der Waals surface area contributed by atoms with Crippen molar-refractivity contribution < 1.29 is 14.3 Å². The summed E-state index contributed by atoms with van der Waals surface area (Å²) in [6.07, 6.45) is 4.35. The van der Waals surface area contributed by atoms with Crippen molar-refractivity contribution in [3.63, 3.8) is 0 Å². The highest BCUT2D eigenvalue weighted by Crippen LogP contribution is 2.30. The van der Waals surface area contributed by atoms with Gasteiger partial charge in [0.15, 0.2) is 0 Å². The lowest BCUT2D eigenvalue weighted by molar-refractivity contribution is -0.139. The summed E-state index contributed by atoms with van der Waals surface area (Å²) in [7, 11) is 1.66. The van der Waals surface area contributed by atoms with Crippen molar-refractivity contribution in [2.75, 3.05) is 38.2 Å². The van der Waals surface area contributed by atoms with E-state index >= 15 is 0 Å². The number of ether oxygens (including phenoxy) is 1. The zero-order chi connectivity index (χ0) is 21.7. The maximum Gasteiger partial charge on any atom is 0.245 e. The van der Waals surface area contributed by atoms with Gasteiger partial charge in [-0.2, -0.15) is 0 Å². The molecule has 1 aromatic carbocycles. The largest absolute Gasteiger partial charge is 0.497 e. The molecule has 1 aliphatic carbocycles. The molecule has 3 rings (SSSR count). The van der Waals surface area contributed by atoms with Crippen LogP contribution in [0.4, 0.5) is 5.69 Å². The lowest BCUT2D eigenvalue weighted by Gasteiger charge is -2.39. The molecule has 30 heavy (non-hydrogen) atoms. The molecule has 6 heteroatoms. The lowest BCUT2D eigenvalue weighted by atomic mass is 9.79. The van der Waals surface area contributed by atoms with E-state index in [1.54, 1.807) is 7.11 Å². The number of hydrogen-bond acceptors (Lipinski definition) is 4. The van der Waals surface area contributed by atoms with Crippen LogP contribution in [0.25, 0.3) is 0 Å². The Morgan fingerprint density at radius 2 is 1.67 bits per heavy atom. The number of anilines is 1. The molecule has 0 unspecified atom stereocenters. The van der Waals surface area contributed by atoms with Crippen LogP contribution in [0, 0.1) is 17.8 Å². The van der Waals surface area contributed by atoms with E-state index in [9.17, 15) is 9.59 Å². The number of benzene rings is 1. The van der Waals surface area contributed by atoms with Crippen LogP contribution in [0.15, 0.2) is 24.3 Å². The second-order valence-corrected chi connectivity index (χ2v) is 9.11. The first-order chi connectivity index (χ1) is 14.4. The van der Waals surface area contributed by atoms with Gasteiger partial charge < -0.3 is 19.9 Å². The highest BCUT2D eigenvalue weighted by atomic mass is 16.5. The van der Waals surface area contributed by atoms with Gasteiger partial charge >= 0.3 is 0 Å². The van der Waals surface area contributed by atoms with Gasteiger partial charge in [0.2, 0.25) is 11.8 Å². The van der Waals surface area contributed by atoms with Gasteiger partial charge in [-0.05, 0) is 48.9 Å². The molecule has 1 saturated carbocycles. The lowest BCUT2D eigenvalue weighted by Crippen LogP contribution is -2.57. The van der Waals surface area contributed by atoms with E-state index in [2.05, 4.69) is 29.3 Å². The molecule has 2 aliphatic rings. The summed E-state index contributed by atoms with van der Waals surface area (Å²) in [5.74, 6) is 1.46. The van der Waals surface area contributed by atoms with E-state index in [1.807, 2.05) is 30.9 Å². The third-order valence-electron chi connectivity index (χ3n) is 6.71. The van der Waals surface area contributed by atoms with E-state index in [1.165, 1.54) is 6.42 Å². The Labute approximate surface area is 180 Å². The Kier molecular flexibility index (Phi) is 7.62. The molecule has 1 aromatic rings. The zero-order valence-electron chi connectivity index (χ0n) is 18.9. The quantitative estimate of drug-likeness (QED) is 0.774. The Hall–Kier alpha value is -2.24. The van der Waals surface area contributed by atoms with E-state index in [0.717, 1.165) is 43.8 Å². The SMILES string of the molecule is COc1ccc(N2CCN(C(=O)[C@H](NC(=O)[C@@H]3CCCC[C@H]3C)C(C)C)CC2)cc1. The topological polar surface area (TPSA) is 61.9 Å². The molecule has 0 aromatic heterocycles. The minimum Gasteiger partial charge on any atom is -0.497 e. The molecule has 2 amide bonds. The number of hydrogen-bond donors (Lipinski definition) is 1. The van der Waals surface area contributed by atoms with Crippen molar-refractivity contribution in [3.8, 4) is 5.75 Å². The van der Waals surface area contributed by atoms with Gasteiger partial charge in [-0.25, -0.2) is 0 Å². The van der Waals surface area contributed by atoms with Gasteiger partial charge in [-0.1, -0.05) is 33.6 Å². The number of methoxy groups -OCH3 is 1. The smallest absolute Gasteiger partial charge is 0.245 e. The van der Waals surface area contributed by atoms with Crippen molar-refractivity contribution in [2.24, 2.45) is 17.8 Å². The maximum atomic E-state index is 13.2. The van der Waals surface area contributed by atoms with Crippen LogP contribution < -0.4 is 15.0 Å². The standard InChI is InChI=1S/C24H37N3O3/c1-17(2)22(25-23(28)21-8-6-5-7-18(21)3)24(29)27-15-13-26(14-16-27)19-9-11-20(30-4)12-10-19/h9-12,17-18,21-22H,5-8,13-16H2,1-4H3,(H,25,28)/t18-,21-,22-/m1/s1. The summed E-state index contributed by atoms with van der Waals surface area (Å²) in [4.78, 5) is 30.3. The van der Waals surface area contributed by atoms with Crippen molar-refractivity contribution >= 4 is 17.5 Å². The molecule has 6 nitrogen and oxygen atoms in total. The average Bonchev–Trinajstić information content (AvgIpc) is 2.77. The number of amides is 2. The van der Waals surface area contributed by atoms with Crippen LogP contribution >= 0.6 is 0 Å². The number of carbonyl (C=O) groups excluding carboxylic acids is 2. The summed E-state index contributed by atoms with van der Waals surface area (Å²) < 4.78 is 5.23. The number of carbonyl (C=O) groups is 2. The molecule has 2 fully saturated rings. The zero-order valence-corrected chi connectivity index (χ0v) is 18.9. The third kappa shape index (κ3) is 5.27. The molecule has 1 N–H and O–H groups in total. The normalized spacial score (nSPS) is 23.2. The van der Waals surface area contributed by atoms with E-state index in [-0.39, 0.29) is 23.7 Å². The number of nitrogens with zero attached hydrogens (tertiary/aromatic N) is 2. The Bertz CT molecular complexity index is 711. The molecule has 1 aliphatic heterocycles. The predicted octanol–water partition coefficient (Wildman–Crippen LogP) is 3.31. The Morgan fingerprint density at radius 1 is 1.03 bits per heavy atom. The van der Waals surface area contributed by atoms with Crippen LogP contribution in [-0.2, 0) is 9.59 Å². The van der Waals surface area contributed by atoms with Gasteiger partial charge in [0.05, 0.1) is 7.11 Å². The van der Waals surface area contributed by atoms with Crippen molar-refractivity contribution in [1.29, 1.82) is 0 Å². The fourth-order valence-corrected chi connectivity index (χ4v) is 4.65. The van der Waals surface area contributed by atoms with Crippen molar-refractivity contribution in [1.82, 2.24) is 10.2 Å². The molecular weight excluding hydrogens is 378 g/mol. The summed E-state index contributed by atoms with van der Waals surface area (Å²) >= 11 is 0.